The van der Waals surface area contributed by atoms with Gasteiger partial charge in [0, 0.05) is 46.4 Å². The maximum absolute atomic E-state index is 13.6. The van der Waals surface area contributed by atoms with Crippen LogP contribution in [0, 0.1) is 3.57 Å². The van der Waals surface area contributed by atoms with Crippen LogP contribution in [0.15, 0.2) is 100 Å². The number of carbonyl (C=O) groups is 2. The minimum absolute atomic E-state index is 0.0925. The number of likely N-dealkylation sites (tertiary alicyclic amines) is 1. The monoisotopic (exact) mass is 1150 g/mol. The molecular formula is C48H50Br2IN7O9. The molecule has 0 unspecified atom stereocenters. The number of carboxylic acid groups (broad SMARTS) is 1. The summed E-state index contributed by atoms with van der Waals surface area (Å²) in [6.07, 6.45) is 5.22. The zero-order valence-electron chi connectivity index (χ0n) is 36.4. The summed E-state index contributed by atoms with van der Waals surface area (Å²) in [4.78, 5) is 35.0. The Morgan fingerprint density at radius 2 is 1.39 bits per heavy atom. The molecule has 19 heteroatoms. The third-order valence-corrected chi connectivity index (χ3v) is 12.9. The van der Waals surface area contributed by atoms with Crippen LogP contribution in [0.1, 0.15) is 30.0 Å². The lowest BCUT2D eigenvalue weighted by molar-refractivity contribution is -0.122. The fourth-order valence-corrected chi connectivity index (χ4v) is 9.50. The molecule has 0 bridgehead atoms. The van der Waals surface area contributed by atoms with Crippen molar-refractivity contribution in [3.8, 4) is 28.5 Å². The number of ether oxygens (including phenoxy) is 5. The van der Waals surface area contributed by atoms with Crippen LogP contribution in [0.3, 0.4) is 0 Å². The van der Waals surface area contributed by atoms with Crippen LogP contribution in [-0.2, 0) is 28.5 Å². The SMILES string of the molecule is Nc1ncnc2c1c(-c1ccc(Oc3ccccc3)cc1)nn2C1CCN(CCOCCOCCOCCOCCN2C(=O)C(=Cc3cc(Br)c(O)c(Br)c3)c3cc(I)ccc32)CC1.O=CO. The number of nitrogen functional groups attached to an aromatic ring is 1. The van der Waals surface area contributed by atoms with E-state index in [4.69, 9.17) is 44.4 Å². The predicted molar refractivity (Wildman–Crippen MR) is 271 cm³/mol. The topological polar surface area (TPSA) is 197 Å². The summed E-state index contributed by atoms with van der Waals surface area (Å²) in [7, 11) is 0. The number of benzene rings is 4. The number of piperidine rings is 1. The maximum atomic E-state index is 13.6. The molecule has 352 valence electrons. The highest BCUT2D eigenvalue weighted by Crippen LogP contribution is 2.41. The Labute approximate surface area is 418 Å². The van der Waals surface area contributed by atoms with Crippen molar-refractivity contribution in [1.82, 2.24) is 24.6 Å². The second-order valence-electron chi connectivity index (χ2n) is 15.3. The van der Waals surface area contributed by atoms with Gasteiger partial charge in [0.25, 0.3) is 12.4 Å². The maximum Gasteiger partial charge on any atom is 0.290 e. The van der Waals surface area contributed by atoms with Gasteiger partial charge in [-0.3, -0.25) is 9.59 Å². The van der Waals surface area contributed by atoms with Crippen LogP contribution in [-0.4, -0.2) is 126 Å². The molecule has 0 radical (unpaired) electrons. The number of fused-ring (bicyclic) bond motifs is 2. The van der Waals surface area contributed by atoms with E-state index >= 15 is 0 Å². The van der Waals surface area contributed by atoms with Crippen LogP contribution in [0.5, 0.6) is 17.2 Å². The number of aromatic nitrogens is 4. The minimum atomic E-state index is -0.250. The zero-order valence-corrected chi connectivity index (χ0v) is 41.8. The fourth-order valence-electron chi connectivity index (χ4n) is 7.78. The molecule has 16 nitrogen and oxygen atoms in total. The Hall–Kier alpha value is -5.00. The van der Waals surface area contributed by atoms with Gasteiger partial charge in [-0.2, -0.15) is 5.10 Å². The molecule has 2 aliphatic heterocycles. The predicted octanol–water partition coefficient (Wildman–Crippen LogP) is 8.69. The number of phenols is 1. The summed E-state index contributed by atoms with van der Waals surface area (Å²) < 4.78 is 33.3. The minimum Gasteiger partial charge on any atom is -0.506 e. The molecule has 0 saturated carbocycles. The van der Waals surface area contributed by atoms with Crippen molar-refractivity contribution in [2.24, 2.45) is 0 Å². The van der Waals surface area contributed by atoms with Crippen LogP contribution in [0.4, 0.5) is 11.5 Å². The quantitative estimate of drug-likeness (QED) is 0.0284. The largest absolute Gasteiger partial charge is 0.506 e. The molecule has 6 aromatic rings. The van der Waals surface area contributed by atoms with E-state index in [0.29, 0.717) is 79.7 Å². The summed E-state index contributed by atoms with van der Waals surface area (Å²) in [5, 5.41) is 22.8. The Morgan fingerprint density at radius 1 is 0.791 bits per heavy atom. The number of anilines is 2. The smallest absolute Gasteiger partial charge is 0.290 e. The van der Waals surface area contributed by atoms with E-state index in [0.717, 1.165) is 86.7 Å². The molecule has 67 heavy (non-hydrogen) atoms. The molecule has 1 saturated heterocycles. The molecule has 0 spiro atoms. The molecule has 0 atom stereocenters. The molecule has 4 N–H and O–H groups in total. The van der Waals surface area contributed by atoms with Crippen molar-refractivity contribution >= 4 is 101 Å². The summed E-state index contributed by atoms with van der Waals surface area (Å²) in [6.45, 7) is 6.61. The highest BCUT2D eigenvalue weighted by molar-refractivity contribution is 14.1. The highest BCUT2D eigenvalue weighted by atomic mass is 127. The molecule has 1 amide bonds. The Kier molecular flexibility index (Phi) is 18.5. The van der Waals surface area contributed by atoms with Gasteiger partial charge in [-0.25, -0.2) is 14.6 Å². The van der Waals surface area contributed by atoms with Gasteiger partial charge < -0.3 is 49.4 Å². The molecule has 2 aromatic heterocycles. The second-order valence-corrected chi connectivity index (χ2v) is 18.3. The Morgan fingerprint density at radius 3 is 2.03 bits per heavy atom. The summed E-state index contributed by atoms with van der Waals surface area (Å²) >= 11 is 9.01. The first-order valence-corrected chi connectivity index (χ1v) is 24.3. The van der Waals surface area contributed by atoms with E-state index in [1.54, 1.807) is 17.0 Å². The van der Waals surface area contributed by atoms with E-state index in [1.807, 2.05) is 83.6 Å². The molecule has 8 rings (SSSR count). The number of nitrogens with zero attached hydrogens (tertiary/aromatic N) is 6. The van der Waals surface area contributed by atoms with Crippen molar-refractivity contribution < 1.29 is 43.5 Å². The fraction of sp³-hybridized carbons (Fsp3) is 0.312. The lowest BCUT2D eigenvalue weighted by atomic mass is 10.0. The molecular weight excluding hydrogens is 1110 g/mol. The van der Waals surface area contributed by atoms with Gasteiger partial charge >= 0.3 is 0 Å². The van der Waals surface area contributed by atoms with Crippen molar-refractivity contribution in [2.45, 2.75) is 18.9 Å². The first kappa shape index (κ1) is 49.9. The van der Waals surface area contributed by atoms with E-state index in [1.165, 1.54) is 6.33 Å². The number of halogens is 3. The Bertz CT molecular complexity index is 2610. The number of aromatic hydroxyl groups is 1. The van der Waals surface area contributed by atoms with E-state index in [2.05, 4.69) is 69.3 Å². The number of hydrogen-bond acceptors (Lipinski definition) is 13. The van der Waals surface area contributed by atoms with Gasteiger partial charge in [-0.05, 0) is 146 Å². The number of hydrogen-bond donors (Lipinski definition) is 3. The highest BCUT2D eigenvalue weighted by Gasteiger charge is 2.32. The molecule has 2 aliphatic rings. The number of phenolic OH excluding ortho intramolecular Hbond substituents is 1. The number of amides is 1. The number of para-hydroxylation sites is 1. The molecule has 0 aliphatic carbocycles. The van der Waals surface area contributed by atoms with Crippen LogP contribution in [0.25, 0.3) is 33.9 Å². The average molecular weight is 1160 g/mol. The van der Waals surface area contributed by atoms with Gasteiger partial charge in [-0.1, -0.05) is 18.2 Å². The van der Waals surface area contributed by atoms with Crippen molar-refractivity contribution in [3.63, 3.8) is 0 Å². The van der Waals surface area contributed by atoms with Crippen LogP contribution in [0.2, 0.25) is 0 Å². The van der Waals surface area contributed by atoms with Crippen LogP contribution < -0.4 is 15.4 Å². The van der Waals surface area contributed by atoms with E-state index < -0.39 is 0 Å². The van der Waals surface area contributed by atoms with Gasteiger partial charge in [-0.15, -0.1) is 0 Å². The van der Waals surface area contributed by atoms with E-state index in [-0.39, 0.29) is 24.2 Å². The average Bonchev–Trinajstić information content (AvgIpc) is 3.84. The van der Waals surface area contributed by atoms with Gasteiger partial charge in [0.15, 0.2) is 5.65 Å². The lowest BCUT2D eigenvalue weighted by Gasteiger charge is -2.32. The van der Waals surface area contributed by atoms with Crippen LogP contribution >= 0.6 is 54.5 Å². The van der Waals surface area contributed by atoms with Gasteiger partial charge in [0.2, 0.25) is 0 Å². The summed E-state index contributed by atoms with van der Waals surface area (Å²) in [5.41, 5.74) is 11.9. The molecule has 1 fully saturated rings. The zero-order chi connectivity index (χ0) is 47.1. The lowest BCUT2D eigenvalue weighted by Crippen LogP contribution is -2.37. The third kappa shape index (κ3) is 13.2. The Balaban J connectivity index is 0.00000216. The van der Waals surface area contributed by atoms with Crippen molar-refractivity contribution in [1.29, 1.82) is 0 Å². The van der Waals surface area contributed by atoms with Crippen molar-refractivity contribution in [2.75, 3.05) is 89.7 Å². The first-order chi connectivity index (χ1) is 32.6. The van der Waals surface area contributed by atoms with Gasteiger partial charge in [0.1, 0.15) is 35.1 Å². The number of carbonyl (C=O) groups excluding carboxylic acids is 1. The third-order valence-electron chi connectivity index (χ3n) is 11.0. The summed E-state index contributed by atoms with van der Waals surface area (Å²) in [6, 6.07) is 27.3. The number of rotatable bonds is 20. The standard InChI is InChI=1S/C47H48Br2IN7O7.CH2O2/c48-39-27-31(28-40(49)44(39)58)26-38-37-29-33(50)8-11-41(37)56(47(38)59)17-19-61-21-23-63-25-24-62-22-20-60-18-16-55-14-12-34(13-15-55)57-46-42(45(51)52-30-53-46)43(54-57)32-6-9-36(10-7-32)64-35-4-2-1-3-5-35;2-1-3/h1-11,26-30,34,58H,12-25H2,(H2,51,52,53);1H,(H,2,3). The normalized spacial score (nSPS) is 14.6. The summed E-state index contributed by atoms with van der Waals surface area (Å²) in [5.74, 6) is 1.95. The van der Waals surface area contributed by atoms with Gasteiger partial charge in [0.05, 0.1) is 78.9 Å². The molecule has 4 aromatic carbocycles. The number of nitrogens with two attached hydrogens (primary N) is 1. The molecule has 4 heterocycles. The first-order valence-electron chi connectivity index (χ1n) is 21.6. The van der Waals surface area contributed by atoms with E-state index in [9.17, 15) is 9.90 Å². The second kappa shape index (κ2) is 24.9. The van der Waals surface area contributed by atoms with Crippen molar-refractivity contribution in [3.05, 3.63) is 115 Å².